The lowest BCUT2D eigenvalue weighted by molar-refractivity contribution is 0.0944. The number of hydrogen-bond donors (Lipinski definition) is 1. The first-order chi connectivity index (χ1) is 12.1. The van der Waals surface area contributed by atoms with E-state index in [-0.39, 0.29) is 5.91 Å². The fourth-order valence-corrected chi connectivity index (χ4v) is 3.90. The van der Waals surface area contributed by atoms with Crippen molar-refractivity contribution in [3.63, 3.8) is 0 Å². The van der Waals surface area contributed by atoms with Gasteiger partial charge < -0.3 is 9.88 Å². The fraction of sp³-hybridized carbons (Fsp3) is 0.632. The number of aryl methyl sites for hydroxylation is 3. The average Bonchev–Trinajstić information content (AvgIpc) is 2.98. The maximum absolute atomic E-state index is 12.3. The average molecular weight is 343 g/mol. The van der Waals surface area contributed by atoms with Crippen LogP contribution in [0.4, 0.5) is 0 Å². The minimum atomic E-state index is -0.0765. The summed E-state index contributed by atoms with van der Waals surface area (Å²) in [4.78, 5) is 16.9. The van der Waals surface area contributed by atoms with Crippen LogP contribution < -0.4 is 5.32 Å². The van der Waals surface area contributed by atoms with Gasteiger partial charge in [0.15, 0.2) is 0 Å². The summed E-state index contributed by atoms with van der Waals surface area (Å²) in [6.45, 7) is 4.62. The van der Waals surface area contributed by atoms with Gasteiger partial charge in [-0.1, -0.05) is 25.7 Å². The highest BCUT2D eigenvalue weighted by Gasteiger charge is 2.19. The van der Waals surface area contributed by atoms with E-state index in [0.717, 1.165) is 17.9 Å². The predicted octanol–water partition coefficient (Wildman–Crippen LogP) is 3.10. The molecular weight excluding hydrogens is 314 g/mol. The Morgan fingerprint density at radius 1 is 1.24 bits per heavy atom. The number of carbonyl (C=O) groups excluding carboxylic acids is 1. The van der Waals surface area contributed by atoms with Gasteiger partial charge in [-0.15, -0.1) is 0 Å². The second-order valence-corrected chi connectivity index (χ2v) is 7.13. The second kappa shape index (κ2) is 7.85. The van der Waals surface area contributed by atoms with Gasteiger partial charge in [0.2, 0.25) is 0 Å². The fourth-order valence-electron chi connectivity index (χ4n) is 3.90. The van der Waals surface area contributed by atoms with E-state index >= 15 is 0 Å². The molecule has 6 nitrogen and oxygen atoms in total. The molecule has 1 aliphatic carbocycles. The van der Waals surface area contributed by atoms with Gasteiger partial charge in [-0.25, -0.2) is 4.98 Å². The summed E-state index contributed by atoms with van der Waals surface area (Å²) in [7, 11) is 1.80. The molecule has 25 heavy (non-hydrogen) atoms. The van der Waals surface area contributed by atoms with Gasteiger partial charge >= 0.3 is 0 Å². The Hall–Kier alpha value is -2.11. The first-order valence-corrected chi connectivity index (χ1v) is 9.38. The number of amides is 1. The van der Waals surface area contributed by atoms with Crippen LogP contribution in [0.25, 0.3) is 0 Å². The summed E-state index contributed by atoms with van der Waals surface area (Å²) >= 11 is 0. The van der Waals surface area contributed by atoms with E-state index in [0.29, 0.717) is 18.3 Å². The predicted molar refractivity (Wildman–Crippen MR) is 97.7 cm³/mol. The van der Waals surface area contributed by atoms with Gasteiger partial charge in [0.1, 0.15) is 11.5 Å². The zero-order chi connectivity index (χ0) is 17.8. The Bertz CT molecular complexity index is 722. The Balaban J connectivity index is 1.62. The van der Waals surface area contributed by atoms with Crippen molar-refractivity contribution in [2.45, 2.75) is 64.8 Å². The normalized spacial score (nSPS) is 16.0. The third kappa shape index (κ3) is 4.11. The molecule has 6 heteroatoms. The topological polar surface area (TPSA) is 64.7 Å². The monoisotopic (exact) mass is 343 g/mol. The smallest absolute Gasteiger partial charge is 0.269 e. The van der Waals surface area contributed by atoms with Crippen molar-refractivity contribution < 1.29 is 4.79 Å². The van der Waals surface area contributed by atoms with E-state index < -0.39 is 0 Å². The summed E-state index contributed by atoms with van der Waals surface area (Å²) in [5, 5.41) is 7.23. The molecule has 1 N–H and O–H groups in total. The highest BCUT2D eigenvalue weighted by Crippen LogP contribution is 2.29. The van der Waals surface area contributed by atoms with Crippen LogP contribution in [0.5, 0.6) is 0 Å². The molecule has 1 saturated carbocycles. The van der Waals surface area contributed by atoms with E-state index in [1.54, 1.807) is 11.7 Å². The summed E-state index contributed by atoms with van der Waals surface area (Å²) in [6.07, 6.45) is 10.5. The number of imidazole rings is 1. The summed E-state index contributed by atoms with van der Waals surface area (Å²) in [6, 6.07) is 2.38. The van der Waals surface area contributed by atoms with Gasteiger partial charge in [-0.3, -0.25) is 9.48 Å². The zero-order valence-electron chi connectivity index (χ0n) is 15.6. The van der Waals surface area contributed by atoms with Crippen LogP contribution in [-0.4, -0.2) is 31.8 Å². The minimum absolute atomic E-state index is 0.0765. The molecule has 0 atom stereocenters. The number of aromatic nitrogens is 4. The van der Waals surface area contributed by atoms with Gasteiger partial charge in [0.25, 0.3) is 5.91 Å². The highest BCUT2D eigenvalue weighted by molar-refractivity contribution is 5.92. The molecule has 1 amide bonds. The molecule has 136 valence electrons. The van der Waals surface area contributed by atoms with E-state index in [2.05, 4.69) is 26.9 Å². The molecular formula is C19H29N5O. The zero-order valence-corrected chi connectivity index (χ0v) is 15.6. The standard InChI is InChI=1S/C19H29N5O/c1-14-12-17(23(3)22-14)19(25)20-11-10-18-21-13-15(2)24(18)16-8-6-4-5-7-9-16/h12-13,16H,4-11H2,1-3H3,(H,20,25). The highest BCUT2D eigenvalue weighted by atomic mass is 16.2. The van der Waals surface area contributed by atoms with Crippen molar-refractivity contribution in [3.05, 3.63) is 35.2 Å². The summed E-state index contributed by atoms with van der Waals surface area (Å²) < 4.78 is 4.03. The maximum atomic E-state index is 12.3. The second-order valence-electron chi connectivity index (χ2n) is 7.13. The largest absolute Gasteiger partial charge is 0.350 e. The van der Waals surface area contributed by atoms with Gasteiger partial charge in [0, 0.05) is 37.9 Å². The molecule has 3 rings (SSSR count). The molecule has 1 aliphatic rings. The minimum Gasteiger partial charge on any atom is -0.350 e. The summed E-state index contributed by atoms with van der Waals surface area (Å²) in [5.41, 5.74) is 2.68. The number of nitrogens with zero attached hydrogens (tertiary/aromatic N) is 4. The Labute approximate surface area is 149 Å². The Morgan fingerprint density at radius 2 is 1.96 bits per heavy atom. The van der Waals surface area contributed by atoms with E-state index in [1.165, 1.54) is 44.2 Å². The van der Waals surface area contributed by atoms with Crippen molar-refractivity contribution in [2.75, 3.05) is 6.54 Å². The molecule has 0 saturated heterocycles. The van der Waals surface area contributed by atoms with Crippen LogP contribution in [0.1, 0.15) is 72.3 Å². The molecule has 0 aliphatic heterocycles. The third-order valence-corrected chi connectivity index (χ3v) is 5.12. The SMILES string of the molecule is Cc1cc(C(=O)NCCc2ncc(C)n2C2CCCCCC2)n(C)n1. The van der Waals surface area contributed by atoms with Gasteiger partial charge in [-0.2, -0.15) is 5.10 Å². The Kier molecular flexibility index (Phi) is 5.56. The molecule has 0 radical (unpaired) electrons. The van der Waals surface area contributed by atoms with Crippen LogP contribution in [0.15, 0.2) is 12.3 Å². The number of carbonyl (C=O) groups is 1. The molecule has 2 aromatic heterocycles. The molecule has 2 heterocycles. The van der Waals surface area contributed by atoms with Crippen LogP contribution in [0, 0.1) is 13.8 Å². The molecule has 0 spiro atoms. The van der Waals surface area contributed by atoms with Crippen LogP contribution in [0.3, 0.4) is 0 Å². The first-order valence-electron chi connectivity index (χ1n) is 9.38. The van der Waals surface area contributed by atoms with Gasteiger partial charge in [-0.05, 0) is 32.8 Å². The van der Waals surface area contributed by atoms with E-state index in [9.17, 15) is 4.79 Å². The van der Waals surface area contributed by atoms with Crippen LogP contribution in [0.2, 0.25) is 0 Å². The van der Waals surface area contributed by atoms with Crippen molar-refractivity contribution in [3.8, 4) is 0 Å². The van der Waals surface area contributed by atoms with Crippen molar-refractivity contribution in [1.82, 2.24) is 24.6 Å². The van der Waals surface area contributed by atoms with Gasteiger partial charge in [0.05, 0.1) is 5.69 Å². The van der Waals surface area contributed by atoms with Crippen LogP contribution in [-0.2, 0) is 13.5 Å². The van der Waals surface area contributed by atoms with E-state index in [4.69, 9.17) is 0 Å². The van der Waals surface area contributed by atoms with Crippen molar-refractivity contribution >= 4 is 5.91 Å². The molecule has 0 unspecified atom stereocenters. The number of hydrogen-bond acceptors (Lipinski definition) is 3. The quantitative estimate of drug-likeness (QED) is 0.849. The molecule has 0 aromatic carbocycles. The summed E-state index contributed by atoms with van der Waals surface area (Å²) in [5.74, 6) is 1.01. The third-order valence-electron chi connectivity index (χ3n) is 5.12. The van der Waals surface area contributed by atoms with Crippen molar-refractivity contribution in [2.24, 2.45) is 7.05 Å². The lowest BCUT2D eigenvalue weighted by atomic mass is 10.1. The van der Waals surface area contributed by atoms with Crippen molar-refractivity contribution in [1.29, 1.82) is 0 Å². The molecule has 2 aromatic rings. The molecule has 1 fully saturated rings. The lowest BCUT2D eigenvalue weighted by Gasteiger charge is -2.21. The van der Waals surface area contributed by atoms with Crippen LogP contribution >= 0.6 is 0 Å². The Morgan fingerprint density at radius 3 is 2.60 bits per heavy atom. The lowest BCUT2D eigenvalue weighted by Crippen LogP contribution is -2.28. The maximum Gasteiger partial charge on any atom is 0.269 e. The number of nitrogens with one attached hydrogen (secondary N) is 1. The number of rotatable bonds is 5. The first kappa shape index (κ1) is 17.7. The molecule has 0 bridgehead atoms. The van der Waals surface area contributed by atoms with E-state index in [1.807, 2.05) is 19.2 Å².